The Bertz CT molecular complexity index is 870. The molecule has 1 amide bonds. The number of nitrogens with zero attached hydrogens (tertiary/aromatic N) is 1. The fraction of sp³-hybridized carbons (Fsp3) is 0.364. The van der Waals surface area contributed by atoms with Gasteiger partial charge in [0.05, 0.1) is 19.6 Å². The minimum absolute atomic E-state index is 0.120. The molecule has 0 aliphatic carbocycles. The third-order valence-corrected chi connectivity index (χ3v) is 5.60. The SMILES string of the molecule is COc1cc(C)c(C(=O)N2CCC(C(=O)O)(c3ccccc3)CC2)cc1OC. The lowest BCUT2D eigenvalue weighted by atomic mass is 9.72. The Balaban J connectivity index is 1.83. The van der Waals surface area contributed by atoms with Gasteiger partial charge >= 0.3 is 5.97 Å². The highest BCUT2D eigenvalue weighted by Gasteiger charge is 2.44. The van der Waals surface area contributed by atoms with Crippen LogP contribution in [0.2, 0.25) is 0 Å². The standard InChI is InChI=1S/C22H25NO5/c1-15-13-18(27-2)19(28-3)14-17(15)20(24)23-11-9-22(10-12-23,21(25)26)16-7-5-4-6-8-16/h4-8,13-14H,9-12H2,1-3H3,(H,25,26). The van der Waals surface area contributed by atoms with Crippen molar-refractivity contribution < 1.29 is 24.2 Å². The van der Waals surface area contributed by atoms with Gasteiger partial charge in [-0.1, -0.05) is 30.3 Å². The number of piperidine rings is 1. The minimum Gasteiger partial charge on any atom is -0.493 e. The number of aliphatic carboxylic acids is 1. The van der Waals surface area contributed by atoms with Gasteiger partial charge in [0, 0.05) is 18.7 Å². The molecule has 1 fully saturated rings. The van der Waals surface area contributed by atoms with Crippen molar-refractivity contribution >= 4 is 11.9 Å². The first-order valence-electron chi connectivity index (χ1n) is 9.24. The lowest BCUT2D eigenvalue weighted by Crippen LogP contribution is -2.49. The Morgan fingerprint density at radius 1 is 1.00 bits per heavy atom. The largest absolute Gasteiger partial charge is 0.493 e. The van der Waals surface area contributed by atoms with Gasteiger partial charge in [-0.25, -0.2) is 0 Å². The highest BCUT2D eigenvalue weighted by Crippen LogP contribution is 2.37. The molecule has 3 rings (SSSR count). The zero-order valence-corrected chi connectivity index (χ0v) is 16.4. The van der Waals surface area contributed by atoms with E-state index in [9.17, 15) is 14.7 Å². The molecule has 0 atom stereocenters. The van der Waals surface area contributed by atoms with Gasteiger partial charge in [0.2, 0.25) is 0 Å². The number of methoxy groups -OCH3 is 2. The predicted octanol–water partition coefficient (Wildman–Crippen LogP) is 3.27. The highest BCUT2D eigenvalue weighted by atomic mass is 16.5. The zero-order chi connectivity index (χ0) is 20.3. The average molecular weight is 383 g/mol. The average Bonchev–Trinajstić information content (AvgIpc) is 2.73. The van der Waals surface area contributed by atoms with E-state index >= 15 is 0 Å². The Labute approximate surface area is 164 Å². The van der Waals surface area contributed by atoms with Gasteiger partial charge in [-0.3, -0.25) is 9.59 Å². The zero-order valence-electron chi connectivity index (χ0n) is 16.4. The fourth-order valence-electron chi connectivity index (χ4n) is 3.86. The van der Waals surface area contributed by atoms with Gasteiger partial charge in [0.1, 0.15) is 0 Å². The first-order chi connectivity index (χ1) is 13.4. The van der Waals surface area contributed by atoms with Crippen LogP contribution in [0.15, 0.2) is 42.5 Å². The van der Waals surface area contributed by atoms with Crippen molar-refractivity contribution in [3.05, 3.63) is 59.2 Å². The van der Waals surface area contributed by atoms with Gasteiger partial charge in [-0.05, 0) is 43.0 Å². The van der Waals surface area contributed by atoms with Crippen LogP contribution < -0.4 is 9.47 Å². The van der Waals surface area contributed by atoms with E-state index in [0.29, 0.717) is 43.0 Å². The number of carboxylic acid groups (broad SMARTS) is 1. The van der Waals surface area contributed by atoms with E-state index in [4.69, 9.17) is 9.47 Å². The Hall–Kier alpha value is -3.02. The number of hydrogen-bond acceptors (Lipinski definition) is 4. The van der Waals surface area contributed by atoms with E-state index in [1.807, 2.05) is 37.3 Å². The van der Waals surface area contributed by atoms with E-state index in [-0.39, 0.29) is 5.91 Å². The second kappa shape index (κ2) is 7.92. The van der Waals surface area contributed by atoms with Crippen LogP contribution in [0.3, 0.4) is 0 Å². The maximum absolute atomic E-state index is 13.1. The number of hydrogen-bond donors (Lipinski definition) is 1. The maximum Gasteiger partial charge on any atom is 0.314 e. The molecule has 1 N–H and O–H groups in total. The van der Waals surface area contributed by atoms with Crippen molar-refractivity contribution in [2.24, 2.45) is 0 Å². The van der Waals surface area contributed by atoms with Crippen molar-refractivity contribution in [2.45, 2.75) is 25.2 Å². The van der Waals surface area contributed by atoms with Crippen LogP contribution in [0, 0.1) is 6.92 Å². The summed E-state index contributed by atoms with van der Waals surface area (Å²) < 4.78 is 10.6. The van der Waals surface area contributed by atoms with Gasteiger partial charge in [-0.15, -0.1) is 0 Å². The summed E-state index contributed by atoms with van der Waals surface area (Å²) in [7, 11) is 3.09. The smallest absolute Gasteiger partial charge is 0.314 e. The topological polar surface area (TPSA) is 76.1 Å². The van der Waals surface area contributed by atoms with Crippen LogP contribution in [0.5, 0.6) is 11.5 Å². The maximum atomic E-state index is 13.1. The Morgan fingerprint density at radius 3 is 2.11 bits per heavy atom. The van der Waals surface area contributed by atoms with Crippen LogP contribution in [0.1, 0.15) is 34.3 Å². The Morgan fingerprint density at radius 2 is 1.57 bits per heavy atom. The summed E-state index contributed by atoms with van der Waals surface area (Å²) in [6.07, 6.45) is 0.759. The predicted molar refractivity (Wildman–Crippen MR) is 105 cm³/mol. The number of carboxylic acids is 1. The summed E-state index contributed by atoms with van der Waals surface area (Å²) in [4.78, 5) is 26.9. The highest BCUT2D eigenvalue weighted by molar-refractivity contribution is 5.96. The molecule has 0 radical (unpaired) electrons. The summed E-state index contributed by atoms with van der Waals surface area (Å²) >= 11 is 0. The number of benzene rings is 2. The number of aryl methyl sites for hydroxylation is 1. The molecule has 1 saturated heterocycles. The molecule has 1 aliphatic heterocycles. The van der Waals surface area contributed by atoms with E-state index in [0.717, 1.165) is 11.1 Å². The second-order valence-electron chi connectivity index (χ2n) is 7.07. The monoisotopic (exact) mass is 383 g/mol. The van der Waals surface area contributed by atoms with Crippen LogP contribution in [0.25, 0.3) is 0 Å². The van der Waals surface area contributed by atoms with Gasteiger partial charge < -0.3 is 19.5 Å². The van der Waals surface area contributed by atoms with Crippen molar-refractivity contribution in [1.29, 1.82) is 0 Å². The molecule has 0 aromatic heterocycles. The molecule has 1 aliphatic rings. The molecule has 2 aromatic carbocycles. The molecule has 28 heavy (non-hydrogen) atoms. The minimum atomic E-state index is -0.954. The molecule has 0 spiro atoms. The van der Waals surface area contributed by atoms with Crippen LogP contribution >= 0.6 is 0 Å². The molecule has 148 valence electrons. The van der Waals surface area contributed by atoms with E-state index in [1.54, 1.807) is 24.1 Å². The van der Waals surface area contributed by atoms with Crippen molar-refractivity contribution in [1.82, 2.24) is 4.90 Å². The van der Waals surface area contributed by atoms with Gasteiger partial charge in [0.25, 0.3) is 5.91 Å². The van der Waals surface area contributed by atoms with Gasteiger partial charge in [0.15, 0.2) is 11.5 Å². The van der Waals surface area contributed by atoms with Crippen molar-refractivity contribution in [2.75, 3.05) is 27.3 Å². The fourth-order valence-corrected chi connectivity index (χ4v) is 3.86. The first-order valence-corrected chi connectivity index (χ1v) is 9.24. The van der Waals surface area contributed by atoms with Crippen LogP contribution in [-0.4, -0.2) is 49.2 Å². The molecule has 6 nitrogen and oxygen atoms in total. The lowest BCUT2D eigenvalue weighted by Gasteiger charge is -2.39. The molecular weight excluding hydrogens is 358 g/mol. The summed E-state index contributed by atoms with van der Waals surface area (Å²) in [5, 5.41) is 9.92. The van der Waals surface area contributed by atoms with Crippen LogP contribution in [-0.2, 0) is 10.2 Å². The Kier molecular flexibility index (Phi) is 5.58. The van der Waals surface area contributed by atoms with Crippen molar-refractivity contribution in [3.8, 4) is 11.5 Å². The molecular formula is C22H25NO5. The van der Waals surface area contributed by atoms with Gasteiger partial charge in [-0.2, -0.15) is 0 Å². The summed E-state index contributed by atoms with van der Waals surface area (Å²) in [5.41, 5.74) is 1.17. The third-order valence-electron chi connectivity index (χ3n) is 5.60. The van der Waals surface area contributed by atoms with E-state index in [1.165, 1.54) is 7.11 Å². The number of carbonyl (C=O) groups is 2. The van der Waals surface area contributed by atoms with E-state index < -0.39 is 11.4 Å². The first kappa shape index (κ1) is 19.7. The number of carbonyl (C=O) groups excluding carboxylic acids is 1. The number of amides is 1. The number of ether oxygens (including phenoxy) is 2. The summed E-state index contributed by atoms with van der Waals surface area (Å²) in [5.74, 6) is 0.111. The second-order valence-corrected chi connectivity index (χ2v) is 7.07. The molecule has 0 unspecified atom stereocenters. The number of likely N-dealkylation sites (tertiary alicyclic amines) is 1. The summed E-state index contributed by atoms with van der Waals surface area (Å²) in [6.45, 7) is 2.62. The molecule has 6 heteroatoms. The van der Waals surface area contributed by atoms with Crippen molar-refractivity contribution in [3.63, 3.8) is 0 Å². The normalized spacial score (nSPS) is 15.8. The third kappa shape index (κ3) is 3.42. The molecule has 0 saturated carbocycles. The summed E-state index contributed by atoms with van der Waals surface area (Å²) in [6, 6.07) is 12.7. The quantitative estimate of drug-likeness (QED) is 0.858. The van der Waals surface area contributed by atoms with E-state index in [2.05, 4.69) is 0 Å². The number of rotatable bonds is 5. The lowest BCUT2D eigenvalue weighted by molar-refractivity contribution is -0.145. The molecule has 2 aromatic rings. The van der Waals surface area contributed by atoms with Crippen LogP contribution in [0.4, 0.5) is 0 Å². The molecule has 0 bridgehead atoms. The molecule has 1 heterocycles.